The van der Waals surface area contributed by atoms with Gasteiger partial charge in [0.2, 0.25) is 0 Å². The number of aliphatic imine (C=N–C) groups is 1. The van der Waals surface area contributed by atoms with E-state index in [-0.39, 0.29) is 24.0 Å². The first kappa shape index (κ1) is 24.0. The zero-order valence-electron chi connectivity index (χ0n) is 16.7. The third-order valence-electron chi connectivity index (χ3n) is 4.51. The number of ether oxygens (including phenoxy) is 2. The second-order valence-electron chi connectivity index (χ2n) is 6.60. The van der Waals surface area contributed by atoms with Gasteiger partial charge in [-0.1, -0.05) is 18.6 Å². The Balaban J connectivity index is 0.00000364. The van der Waals surface area contributed by atoms with E-state index in [0.717, 1.165) is 44.4 Å². The lowest BCUT2D eigenvalue weighted by Crippen LogP contribution is -2.42. The Labute approximate surface area is 181 Å². The van der Waals surface area contributed by atoms with Gasteiger partial charge in [0, 0.05) is 46.8 Å². The molecule has 1 aliphatic heterocycles. The predicted octanol–water partition coefficient (Wildman–Crippen LogP) is 2.87. The number of piperidine rings is 1. The molecule has 1 aromatic carbocycles. The predicted molar refractivity (Wildman–Crippen MR) is 122 cm³/mol. The van der Waals surface area contributed by atoms with Crippen LogP contribution in [0.25, 0.3) is 0 Å². The van der Waals surface area contributed by atoms with E-state index >= 15 is 0 Å². The summed E-state index contributed by atoms with van der Waals surface area (Å²) in [5, 5.41) is 6.77. The summed E-state index contributed by atoms with van der Waals surface area (Å²) in [6.45, 7) is 6.56. The van der Waals surface area contributed by atoms with Crippen LogP contribution < -0.4 is 15.4 Å². The van der Waals surface area contributed by atoms with E-state index in [9.17, 15) is 0 Å². The monoisotopic (exact) mass is 490 g/mol. The number of guanidine groups is 1. The van der Waals surface area contributed by atoms with Gasteiger partial charge in [-0.2, -0.15) is 0 Å². The van der Waals surface area contributed by atoms with Crippen molar-refractivity contribution in [2.45, 2.75) is 32.2 Å². The van der Waals surface area contributed by atoms with Crippen LogP contribution in [0.3, 0.4) is 0 Å². The number of hydrogen-bond donors (Lipinski definition) is 2. The second kappa shape index (κ2) is 14.9. The zero-order valence-corrected chi connectivity index (χ0v) is 19.0. The number of hydrogen-bond acceptors (Lipinski definition) is 4. The van der Waals surface area contributed by atoms with Gasteiger partial charge in [-0.05, 0) is 43.6 Å². The number of nitrogens with one attached hydrogen (secondary N) is 2. The third-order valence-corrected chi connectivity index (χ3v) is 4.51. The largest absolute Gasteiger partial charge is 0.493 e. The lowest BCUT2D eigenvalue weighted by molar-refractivity contribution is 0.172. The summed E-state index contributed by atoms with van der Waals surface area (Å²) in [5.41, 5.74) is 1.17. The highest BCUT2D eigenvalue weighted by Crippen LogP contribution is 2.13. The van der Waals surface area contributed by atoms with Gasteiger partial charge in [0.05, 0.1) is 6.61 Å². The highest BCUT2D eigenvalue weighted by atomic mass is 127. The average Bonchev–Trinajstić information content (AvgIpc) is 2.69. The van der Waals surface area contributed by atoms with Crippen LogP contribution in [0.1, 0.15) is 31.2 Å². The molecule has 0 amide bonds. The van der Waals surface area contributed by atoms with Gasteiger partial charge in [-0.25, -0.2) is 0 Å². The fraction of sp³-hybridized carbons (Fsp3) is 0.650. The Morgan fingerprint density at radius 2 is 1.96 bits per heavy atom. The Kier molecular flexibility index (Phi) is 13.3. The minimum absolute atomic E-state index is 0. The van der Waals surface area contributed by atoms with E-state index in [1.165, 1.54) is 37.9 Å². The van der Waals surface area contributed by atoms with Gasteiger partial charge in [0.1, 0.15) is 5.75 Å². The van der Waals surface area contributed by atoms with Gasteiger partial charge < -0.3 is 25.0 Å². The fourth-order valence-electron chi connectivity index (χ4n) is 3.06. The number of methoxy groups -OCH3 is 1. The average molecular weight is 490 g/mol. The van der Waals surface area contributed by atoms with Crippen LogP contribution in [0, 0.1) is 0 Å². The maximum atomic E-state index is 5.75. The van der Waals surface area contributed by atoms with Crippen molar-refractivity contribution in [2.75, 3.05) is 53.6 Å². The van der Waals surface area contributed by atoms with E-state index in [2.05, 4.69) is 32.7 Å². The highest BCUT2D eigenvalue weighted by molar-refractivity contribution is 14.0. The van der Waals surface area contributed by atoms with Crippen molar-refractivity contribution < 1.29 is 9.47 Å². The summed E-state index contributed by atoms with van der Waals surface area (Å²) in [7, 11) is 3.52. The molecule has 7 heteroatoms. The van der Waals surface area contributed by atoms with Crippen molar-refractivity contribution in [1.82, 2.24) is 15.5 Å². The zero-order chi connectivity index (χ0) is 18.5. The Bertz CT molecular complexity index is 536. The molecule has 0 aliphatic carbocycles. The molecule has 0 bridgehead atoms. The second-order valence-corrected chi connectivity index (χ2v) is 6.60. The third kappa shape index (κ3) is 10.2. The van der Waals surface area contributed by atoms with Gasteiger partial charge in [-0.15, -0.1) is 24.0 Å². The number of benzene rings is 1. The van der Waals surface area contributed by atoms with E-state index < -0.39 is 0 Å². The first-order valence-electron chi connectivity index (χ1n) is 9.69. The summed E-state index contributed by atoms with van der Waals surface area (Å²) in [5.74, 6) is 1.74. The molecular weight excluding hydrogens is 455 g/mol. The minimum Gasteiger partial charge on any atom is -0.493 e. The van der Waals surface area contributed by atoms with Crippen LogP contribution in [-0.2, 0) is 11.3 Å². The minimum atomic E-state index is 0. The summed E-state index contributed by atoms with van der Waals surface area (Å²) >= 11 is 0. The molecule has 1 fully saturated rings. The summed E-state index contributed by atoms with van der Waals surface area (Å²) in [6, 6.07) is 8.17. The molecule has 2 N–H and O–H groups in total. The van der Waals surface area contributed by atoms with Crippen molar-refractivity contribution in [1.29, 1.82) is 0 Å². The number of nitrogens with zero attached hydrogens (tertiary/aromatic N) is 2. The van der Waals surface area contributed by atoms with Crippen LogP contribution >= 0.6 is 24.0 Å². The van der Waals surface area contributed by atoms with Gasteiger partial charge in [-0.3, -0.25) is 4.99 Å². The summed E-state index contributed by atoms with van der Waals surface area (Å²) in [6.07, 6.45) is 4.93. The Hall–Kier alpha value is -1.06. The lowest BCUT2D eigenvalue weighted by atomic mass is 10.1. The van der Waals surface area contributed by atoms with E-state index in [4.69, 9.17) is 9.47 Å². The topological polar surface area (TPSA) is 58.1 Å². The normalized spacial score (nSPS) is 15.1. The molecule has 0 spiro atoms. The van der Waals surface area contributed by atoms with Crippen LogP contribution in [0.5, 0.6) is 5.75 Å². The smallest absolute Gasteiger partial charge is 0.191 e. The van der Waals surface area contributed by atoms with Gasteiger partial charge >= 0.3 is 0 Å². The van der Waals surface area contributed by atoms with Crippen molar-refractivity contribution in [3.63, 3.8) is 0 Å². The molecule has 0 aromatic heterocycles. The van der Waals surface area contributed by atoms with Crippen molar-refractivity contribution >= 4 is 29.9 Å². The number of likely N-dealkylation sites (tertiary alicyclic amines) is 1. The molecule has 1 aliphatic rings. The van der Waals surface area contributed by atoms with E-state index in [0.29, 0.717) is 6.61 Å². The maximum absolute atomic E-state index is 5.75. The van der Waals surface area contributed by atoms with E-state index in [1.807, 2.05) is 19.2 Å². The van der Waals surface area contributed by atoms with Crippen LogP contribution in [0.4, 0.5) is 0 Å². The molecule has 1 aromatic rings. The maximum Gasteiger partial charge on any atom is 0.191 e. The number of rotatable bonds is 10. The summed E-state index contributed by atoms with van der Waals surface area (Å²) in [4.78, 5) is 6.83. The molecule has 6 nitrogen and oxygen atoms in total. The quantitative estimate of drug-likeness (QED) is 0.229. The van der Waals surface area contributed by atoms with Crippen LogP contribution in [-0.4, -0.2) is 64.4 Å². The van der Waals surface area contributed by atoms with Crippen LogP contribution in [0.15, 0.2) is 29.3 Å². The first-order valence-corrected chi connectivity index (χ1v) is 9.69. The van der Waals surface area contributed by atoms with Crippen molar-refractivity contribution in [3.8, 4) is 5.75 Å². The summed E-state index contributed by atoms with van der Waals surface area (Å²) < 4.78 is 10.8. The van der Waals surface area contributed by atoms with Gasteiger partial charge in [0.25, 0.3) is 0 Å². The lowest BCUT2D eigenvalue weighted by Gasteiger charge is -2.26. The molecule has 0 atom stereocenters. The first-order chi connectivity index (χ1) is 12.8. The molecule has 1 heterocycles. The van der Waals surface area contributed by atoms with Crippen molar-refractivity contribution in [2.24, 2.45) is 4.99 Å². The highest BCUT2D eigenvalue weighted by Gasteiger charge is 2.09. The van der Waals surface area contributed by atoms with E-state index in [1.54, 1.807) is 7.11 Å². The molecule has 0 saturated carbocycles. The standard InChI is InChI=1S/C20H34N4O2.HI/c1-21-20(22-10-13-24-11-4-3-5-12-24)23-17-18-8-6-9-19(16-18)26-15-7-14-25-2;/h6,8-9,16H,3-5,7,10-15,17H2,1-2H3,(H2,21,22,23);1H. The molecule has 0 radical (unpaired) electrons. The van der Waals surface area contributed by atoms with Gasteiger partial charge in [0.15, 0.2) is 5.96 Å². The Morgan fingerprint density at radius 1 is 1.15 bits per heavy atom. The molecule has 0 unspecified atom stereocenters. The SMILES string of the molecule is CN=C(NCCN1CCCCC1)NCc1cccc(OCCCOC)c1.I. The number of halogens is 1. The van der Waals surface area contributed by atoms with Crippen molar-refractivity contribution in [3.05, 3.63) is 29.8 Å². The van der Waals surface area contributed by atoms with Crippen LogP contribution in [0.2, 0.25) is 0 Å². The molecule has 1 saturated heterocycles. The molecule has 154 valence electrons. The Morgan fingerprint density at radius 3 is 2.70 bits per heavy atom. The molecule has 2 rings (SSSR count). The fourth-order valence-corrected chi connectivity index (χ4v) is 3.06. The molecular formula is C20H35IN4O2. The molecule has 27 heavy (non-hydrogen) atoms.